The molecule has 2 rings (SSSR count). The highest BCUT2D eigenvalue weighted by Crippen LogP contribution is 2.26. The first-order chi connectivity index (χ1) is 22.6. The molecule has 0 aromatic carbocycles. The van der Waals surface area contributed by atoms with Gasteiger partial charge in [-0.15, -0.1) is 0 Å². The smallest absolute Gasteiger partial charge is 0.408 e. The lowest BCUT2D eigenvalue weighted by molar-refractivity contribution is -0.155. The summed E-state index contributed by atoms with van der Waals surface area (Å²) in [5.41, 5.74) is 4.35. The summed E-state index contributed by atoms with van der Waals surface area (Å²) in [7, 11) is 1.67. The number of hydrogen-bond acceptors (Lipinski definition) is 9. The molecular weight excluding hydrogens is 610 g/mol. The van der Waals surface area contributed by atoms with E-state index in [1.807, 2.05) is 13.0 Å². The second kappa shape index (κ2) is 19.9. The van der Waals surface area contributed by atoms with Crippen LogP contribution in [-0.4, -0.2) is 98.1 Å². The molecule has 0 bridgehead atoms. The van der Waals surface area contributed by atoms with Crippen LogP contribution in [0.4, 0.5) is 4.79 Å². The van der Waals surface area contributed by atoms with E-state index in [2.05, 4.69) is 61.0 Å². The second-order valence-electron chi connectivity index (χ2n) is 15.0. The first-order valence-electron chi connectivity index (χ1n) is 17.8. The third kappa shape index (κ3) is 14.7. The Morgan fingerprint density at radius 2 is 1.81 bits per heavy atom. The molecule has 2 amide bonds. The Morgan fingerprint density at radius 1 is 1.10 bits per heavy atom. The van der Waals surface area contributed by atoms with Gasteiger partial charge in [-0.1, -0.05) is 52.5 Å². The number of nitrogens with one attached hydrogen (secondary N) is 3. The molecule has 0 aromatic rings. The average molecular weight is 676 g/mol. The van der Waals surface area contributed by atoms with Crippen LogP contribution >= 0.6 is 0 Å². The number of nitrogens with zero attached hydrogens (tertiary/aromatic N) is 2. The Labute approximate surface area is 290 Å². The van der Waals surface area contributed by atoms with Gasteiger partial charge in [0, 0.05) is 39.0 Å². The molecule has 11 nitrogen and oxygen atoms in total. The van der Waals surface area contributed by atoms with Gasteiger partial charge in [-0.25, -0.2) is 10.2 Å². The lowest BCUT2D eigenvalue weighted by Gasteiger charge is -2.38. The Morgan fingerprint density at radius 3 is 2.46 bits per heavy atom. The molecule has 0 unspecified atom stereocenters. The lowest BCUT2D eigenvalue weighted by Crippen LogP contribution is -2.62. The first-order valence-corrected chi connectivity index (χ1v) is 17.8. The number of piperidine rings is 1. The van der Waals surface area contributed by atoms with Crippen LogP contribution in [0.3, 0.4) is 0 Å². The third-order valence-corrected chi connectivity index (χ3v) is 8.87. The molecule has 274 valence electrons. The number of alkyl carbamates (subject to hydrolysis) is 1. The van der Waals surface area contributed by atoms with Crippen molar-refractivity contribution in [1.29, 1.82) is 0 Å². The predicted octanol–water partition coefficient (Wildman–Crippen LogP) is 5.49. The number of carbonyl (C=O) groups excluding carboxylic acids is 3. The normalized spacial score (nSPS) is 20.8. The molecule has 2 saturated heterocycles. The molecule has 3 N–H and O–H groups in total. The molecular formula is C37H65N5O6. The number of unbranched alkanes of at least 4 members (excludes halogenated alkanes) is 1. The summed E-state index contributed by atoms with van der Waals surface area (Å²) in [5.74, 6) is -0.390. The van der Waals surface area contributed by atoms with E-state index in [1.165, 1.54) is 10.6 Å². The Balaban J connectivity index is 2.08. The van der Waals surface area contributed by atoms with Crippen LogP contribution in [0.5, 0.6) is 0 Å². The quantitative estimate of drug-likeness (QED) is 0.0985. The molecule has 0 aliphatic carbocycles. The van der Waals surface area contributed by atoms with Gasteiger partial charge in [0.25, 0.3) is 5.91 Å². The Hall–Kier alpha value is -2.89. The van der Waals surface area contributed by atoms with Gasteiger partial charge in [-0.05, 0) is 96.1 Å². The zero-order valence-corrected chi connectivity index (χ0v) is 31.1. The summed E-state index contributed by atoms with van der Waals surface area (Å²) >= 11 is 0. The van der Waals surface area contributed by atoms with Crippen molar-refractivity contribution in [2.24, 2.45) is 11.3 Å². The van der Waals surface area contributed by atoms with E-state index < -0.39 is 23.8 Å². The highest BCUT2D eigenvalue weighted by atomic mass is 16.6. The summed E-state index contributed by atoms with van der Waals surface area (Å²) in [6.07, 6.45) is 10.5. The van der Waals surface area contributed by atoms with Crippen LogP contribution < -0.4 is 16.1 Å². The van der Waals surface area contributed by atoms with Crippen molar-refractivity contribution >= 4 is 18.0 Å². The Bertz CT molecular complexity index is 1100. The number of allylic oxidation sites excluding steroid dienone is 2. The van der Waals surface area contributed by atoms with E-state index in [9.17, 15) is 14.4 Å². The number of methoxy groups -OCH3 is 1. The highest BCUT2D eigenvalue weighted by Gasteiger charge is 2.36. The molecule has 11 heteroatoms. The van der Waals surface area contributed by atoms with Crippen LogP contribution in [0.2, 0.25) is 0 Å². The topological polar surface area (TPSA) is 121 Å². The molecule has 0 radical (unpaired) electrons. The number of amides is 2. The van der Waals surface area contributed by atoms with Crippen LogP contribution in [0, 0.1) is 11.3 Å². The highest BCUT2D eigenvalue weighted by molar-refractivity contribution is 5.86. The number of hydrazine groups is 1. The maximum atomic E-state index is 14.0. The fourth-order valence-corrected chi connectivity index (χ4v) is 6.13. The van der Waals surface area contributed by atoms with E-state index in [4.69, 9.17) is 14.2 Å². The summed E-state index contributed by atoms with van der Waals surface area (Å²) in [6, 6.07) is -1.49. The monoisotopic (exact) mass is 675 g/mol. The average Bonchev–Trinajstić information content (AvgIpc) is 3.03. The third-order valence-electron chi connectivity index (χ3n) is 8.87. The van der Waals surface area contributed by atoms with Gasteiger partial charge in [0.15, 0.2) is 0 Å². The van der Waals surface area contributed by atoms with Crippen LogP contribution in [0.15, 0.2) is 36.6 Å². The number of ether oxygens (including phenoxy) is 3. The largest absolute Gasteiger partial charge is 0.464 e. The van der Waals surface area contributed by atoms with E-state index in [-0.39, 0.29) is 29.3 Å². The van der Waals surface area contributed by atoms with E-state index in [0.29, 0.717) is 32.5 Å². The van der Waals surface area contributed by atoms with Crippen LogP contribution in [0.25, 0.3) is 0 Å². The molecule has 2 fully saturated rings. The number of esters is 1. The van der Waals surface area contributed by atoms with E-state index in [1.54, 1.807) is 27.9 Å². The second-order valence-corrected chi connectivity index (χ2v) is 15.0. The zero-order valence-electron chi connectivity index (χ0n) is 31.1. The van der Waals surface area contributed by atoms with Gasteiger partial charge in [-0.2, -0.15) is 0 Å². The zero-order chi connectivity index (χ0) is 35.9. The maximum Gasteiger partial charge on any atom is 0.408 e. The molecule has 2 aliphatic rings. The van der Waals surface area contributed by atoms with Gasteiger partial charge in [-0.3, -0.25) is 14.6 Å². The fourth-order valence-electron chi connectivity index (χ4n) is 6.13. The molecule has 0 saturated carbocycles. The molecule has 2 aliphatic heterocycles. The van der Waals surface area contributed by atoms with E-state index in [0.717, 1.165) is 63.9 Å². The van der Waals surface area contributed by atoms with Crippen molar-refractivity contribution in [3.05, 3.63) is 36.6 Å². The minimum Gasteiger partial charge on any atom is -0.464 e. The molecule has 4 atom stereocenters. The standard InChI is InChI=1S/C37H65N5O6/c1-11-20-37(8,9)26-47-34(44)31-19-16-23-42(40-31)33(43)32(39-35(45)48-36(5,6)7)25-41-22-15-18-30(24-41)29(12-2)17-13-14-21-38-27(3)28(4)46-10/h12,17,28,30-32,38,40H,2-3,11,13-16,18-26H2,1,4-10H3,(H,39,45)/b29-17+/t28-,30-,31-,32-/m0/s1. The number of hydrogen-bond donors (Lipinski definition) is 3. The summed E-state index contributed by atoms with van der Waals surface area (Å²) in [5, 5.41) is 7.65. The summed E-state index contributed by atoms with van der Waals surface area (Å²) < 4.78 is 16.5. The van der Waals surface area contributed by atoms with Crippen LogP contribution in [0.1, 0.15) is 99.8 Å². The van der Waals surface area contributed by atoms with Crippen molar-refractivity contribution in [2.45, 2.75) is 124 Å². The van der Waals surface area contributed by atoms with Crippen molar-refractivity contribution in [3.8, 4) is 0 Å². The minimum absolute atomic E-state index is 0.0328. The maximum absolute atomic E-state index is 14.0. The van der Waals surface area contributed by atoms with Crippen molar-refractivity contribution < 1.29 is 28.6 Å². The first kappa shape index (κ1) is 41.3. The van der Waals surface area contributed by atoms with Gasteiger partial charge in [0.05, 0.1) is 12.7 Å². The molecule has 48 heavy (non-hydrogen) atoms. The molecule has 2 heterocycles. The molecule has 0 spiro atoms. The van der Waals surface area contributed by atoms with Gasteiger partial charge < -0.3 is 29.7 Å². The predicted molar refractivity (Wildman–Crippen MR) is 191 cm³/mol. The van der Waals surface area contributed by atoms with Crippen molar-refractivity contribution in [2.75, 3.05) is 46.4 Å². The fraction of sp³-hybridized carbons (Fsp3) is 0.757. The summed E-state index contributed by atoms with van der Waals surface area (Å²) in [4.78, 5) is 42.2. The summed E-state index contributed by atoms with van der Waals surface area (Å²) in [6.45, 7) is 25.2. The number of rotatable bonds is 18. The number of likely N-dealkylation sites (tertiary alicyclic amines) is 1. The van der Waals surface area contributed by atoms with Crippen LogP contribution in [-0.2, 0) is 23.8 Å². The van der Waals surface area contributed by atoms with Gasteiger partial charge in [0.1, 0.15) is 17.7 Å². The minimum atomic E-state index is -0.866. The van der Waals surface area contributed by atoms with Gasteiger partial charge in [0.2, 0.25) is 0 Å². The van der Waals surface area contributed by atoms with E-state index >= 15 is 0 Å². The number of carbonyl (C=O) groups is 3. The molecule has 0 aromatic heterocycles. The lowest BCUT2D eigenvalue weighted by atomic mass is 9.89. The van der Waals surface area contributed by atoms with Crippen molar-refractivity contribution in [3.63, 3.8) is 0 Å². The van der Waals surface area contributed by atoms with Gasteiger partial charge >= 0.3 is 12.1 Å². The van der Waals surface area contributed by atoms with Crippen molar-refractivity contribution in [1.82, 2.24) is 26.0 Å². The Kier molecular flexibility index (Phi) is 17.2. The SMILES string of the molecule is C=C/C(=C\CCCNC(=C)[C@H](C)OC)[C@H]1CCCN(C[C@H](NC(=O)OC(C)(C)C)C(=O)N2CCC[C@@H](C(=O)OCC(C)(C)CCC)N2)C1.